The van der Waals surface area contributed by atoms with E-state index in [2.05, 4.69) is 30.9 Å². The van der Waals surface area contributed by atoms with Crippen molar-refractivity contribution in [3.05, 3.63) is 48.6 Å². The van der Waals surface area contributed by atoms with Gasteiger partial charge in [-0.2, -0.15) is 0 Å². The average Bonchev–Trinajstić information content (AvgIpc) is 2.41. The van der Waals surface area contributed by atoms with Crippen LogP contribution in [-0.4, -0.2) is 0 Å². The minimum atomic E-state index is 1.07. The fraction of sp³-hybridized carbons (Fsp3) is 0.200. The van der Waals surface area contributed by atoms with Crippen LogP contribution < -0.4 is 0 Å². The Morgan fingerprint density at radius 2 is 2.50 bits per heavy atom. The normalized spacial score (nSPS) is 16.2. The van der Waals surface area contributed by atoms with Gasteiger partial charge in [0.1, 0.15) is 0 Å². The van der Waals surface area contributed by atoms with Crippen LogP contribution in [0.2, 0.25) is 0 Å². The highest BCUT2D eigenvalue weighted by Crippen LogP contribution is 2.14. The lowest BCUT2D eigenvalue weighted by molar-refractivity contribution is 1.13. The molecule has 1 rings (SSSR count). The molecule has 0 amide bonds. The number of hydrogen-bond acceptors (Lipinski definition) is 0. The molecule has 0 heteroatoms. The first kappa shape index (κ1) is 7.07. The van der Waals surface area contributed by atoms with Crippen molar-refractivity contribution in [3.63, 3.8) is 0 Å². The molecule has 0 aromatic rings. The van der Waals surface area contributed by atoms with Gasteiger partial charge in [-0.15, -0.1) is 0 Å². The van der Waals surface area contributed by atoms with Gasteiger partial charge in [0, 0.05) is 0 Å². The van der Waals surface area contributed by atoms with E-state index in [1.165, 1.54) is 5.57 Å². The monoisotopic (exact) mass is 132 g/mol. The average molecular weight is 132 g/mol. The SMILES string of the molecule is C=CC=CCC1=CC=CC1. The summed E-state index contributed by atoms with van der Waals surface area (Å²) in [7, 11) is 0. The minimum absolute atomic E-state index is 1.07. The maximum atomic E-state index is 3.60. The number of allylic oxidation sites excluding steroid dienone is 7. The van der Waals surface area contributed by atoms with Crippen LogP contribution in [0.4, 0.5) is 0 Å². The van der Waals surface area contributed by atoms with Gasteiger partial charge in [-0.05, 0) is 12.8 Å². The molecular formula is C10H12. The smallest absolute Gasteiger partial charge is 0.0129 e. The summed E-state index contributed by atoms with van der Waals surface area (Å²) in [6.07, 6.45) is 14.6. The summed E-state index contributed by atoms with van der Waals surface area (Å²) in [6.45, 7) is 3.60. The lowest BCUT2D eigenvalue weighted by atomic mass is 10.1. The maximum absolute atomic E-state index is 3.60. The van der Waals surface area contributed by atoms with Crippen LogP contribution in [0, 0.1) is 0 Å². The molecule has 0 spiro atoms. The Balaban J connectivity index is 2.27. The van der Waals surface area contributed by atoms with E-state index in [0.717, 1.165) is 12.8 Å². The molecule has 52 valence electrons. The summed E-state index contributed by atoms with van der Waals surface area (Å²) in [6, 6.07) is 0. The van der Waals surface area contributed by atoms with Crippen molar-refractivity contribution in [2.24, 2.45) is 0 Å². The zero-order valence-corrected chi connectivity index (χ0v) is 6.09. The highest BCUT2D eigenvalue weighted by atomic mass is 14.0. The molecule has 0 unspecified atom stereocenters. The highest BCUT2D eigenvalue weighted by molar-refractivity contribution is 5.25. The molecule has 0 atom stereocenters. The van der Waals surface area contributed by atoms with Crippen molar-refractivity contribution in [1.82, 2.24) is 0 Å². The van der Waals surface area contributed by atoms with Crippen molar-refractivity contribution in [3.8, 4) is 0 Å². The van der Waals surface area contributed by atoms with E-state index in [0.29, 0.717) is 0 Å². The standard InChI is InChI=1S/C10H12/c1-2-3-4-7-10-8-5-6-9-10/h2-6,8H,1,7,9H2. The Bertz CT molecular complexity index is 192. The number of hydrogen-bond donors (Lipinski definition) is 0. The van der Waals surface area contributed by atoms with Gasteiger partial charge in [-0.3, -0.25) is 0 Å². The Morgan fingerprint density at radius 1 is 1.60 bits per heavy atom. The fourth-order valence-electron chi connectivity index (χ4n) is 0.959. The van der Waals surface area contributed by atoms with Crippen LogP contribution in [-0.2, 0) is 0 Å². The Labute approximate surface area is 62.3 Å². The molecule has 0 saturated carbocycles. The molecule has 0 fully saturated rings. The van der Waals surface area contributed by atoms with E-state index in [-0.39, 0.29) is 0 Å². The minimum Gasteiger partial charge on any atom is -0.0991 e. The van der Waals surface area contributed by atoms with Gasteiger partial charge in [0.15, 0.2) is 0 Å². The van der Waals surface area contributed by atoms with Crippen LogP contribution in [0.15, 0.2) is 48.6 Å². The van der Waals surface area contributed by atoms with E-state index in [4.69, 9.17) is 0 Å². The molecule has 0 N–H and O–H groups in total. The molecule has 1 aliphatic rings. The summed E-state index contributed by atoms with van der Waals surface area (Å²) in [5.74, 6) is 0. The van der Waals surface area contributed by atoms with Gasteiger partial charge in [-0.25, -0.2) is 0 Å². The second-order valence-corrected chi connectivity index (χ2v) is 2.33. The summed E-state index contributed by atoms with van der Waals surface area (Å²) >= 11 is 0. The zero-order valence-electron chi connectivity index (χ0n) is 6.09. The molecule has 0 heterocycles. The third kappa shape index (κ3) is 2.06. The fourth-order valence-corrected chi connectivity index (χ4v) is 0.959. The van der Waals surface area contributed by atoms with Crippen molar-refractivity contribution < 1.29 is 0 Å². The van der Waals surface area contributed by atoms with E-state index in [9.17, 15) is 0 Å². The van der Waals surface area contributed by atoms with Gasteiger partial charge in [0.2, 0.25) is 0 Å². The quantitative estimate of drug-likeness (QED) is 0.518. The van der Waals surface area contributed by atoms with Crippen LogP contribution in [0.3, 0.4) is 0 Å². The third-order valence-corrected chi connectivity index (χ3v) is 1.50. The molecule has 0 aromatic carbocycles. The first-order chi connectivity index (χ1) is 4.93. The maximum Gasteiger partial charge on any atom is -0.0129 e. The lowest BCUT2D eigenvalue weighted by Crippen LogP contribution is -1.72. The van der Waals surface area contributed by atoms with Gasteiger partial charge in [0.25, 0.3) is 0 Å². The summed E-state index contributed by atoms with van der Waals surface area (Å²) < 4.78 is 0. The highest BCUT2D eigenvalue weighted by Gasteiger charge is 1.94. The van der Waals surface area contributed by atoms with E-state index in [1.807, 2.05) is 12.2 Å². The summed E-state index contributed by atoms with van der Waals surface area (Å²) in [5.41, 5.74) is 1.48. The first-order valence-corrected chi connectivity index (χ1v) is 3.55. The van der Waals surface area contributed by atoms with Gasteiger partial charge in [0.05, 0.1) is 0 Å². The molecule has 0 aliphatic heterocycles. The molecule has 0 aromatic heterocycles. The predicted octanol–water partition coefficient (Wildman–Crippen LogP) is 3.01. The zero-order chi connectivity index (χ0) is 7.23. The summed E-state index contributed by atoms with van der Waals surface area (Å²) in [5, 5.41) is 0. The van der Waals surface area contributed by atoms with Crippen molar-refractivity contribution in [2.45, 2.75) is 12.8 Å². The van der Waals surface area contributed by atoms with Gasteiger partial charge < -0.3 is 0 Å². The molecule has 1 aliphatic carbocycles. The summed E-state index contributed by atoms with van der Waals surface area (Å²) in [4.78, 5) is 0. The second kappa shape index (κ2) is 3.89. The molecule has 0 nitrogen and oxygen atoms in total. The predicted molar refractivity (Wildman–Crippen MR) is 45.8 cm³/mol. The van der Waals surface area contributed by atoms with Crippen molar-refractivity contribution in [1.29, 1.82) is 0 Å². The van der Waals surface area contributed by atoms with Crippen molar-refractivity contribution in [2.75, 3.05) is 0 Å². The van der Waals surface area contributed by atoms with Crippen molar-refractivity contribution >= 4 is 0 Å². The molecule has 0 bridgehead atoms. The lowest BCUT2D eigenvalue weighted by Gasteiger charge is -1.91. The Hall–Kier alpha value is -1.04. The van der Waals surface area contributed by atoms with E-state index < -0.39 is 0 Å². The largest absolute Gasteiger partial charge is 0.0991 e. The Kier molecular flexibility index (Phi) is 2.75. The van der Waals surface area contributed by atoms with Crippen LogP contribution in [0.1, 0.15) is 12.8 Å². The molecular weight excluding hydrogens is 120 g/mol. The van der Waals surface area contributed by atoms with Crippen LogP contribution >= 0.6 is 0 Å². The van der Waals surface area contributed by atoms with Gasteiger partial charge >= 0.3 is 0 Å². The van der Waals surface area contributed by atoms with E-state index in [1.54, 1.807) is 0 Å². The van der Waals surface area contributed by atoms with Crippen LogP contribution in [0.25, 0.3) is 0 Å². The van der Waals surface area contributed by atoms with E-state index >= 15 is 0 Å². The van der Waals surface area contributed by atoms with Gasteiger partial charge in [-0.1, -0.05) is 48.6 Å². The number of rotatable bonds is 3. The first-order valence-electron chi connectivity index (χ1n) is 3.55. The third-order valence-electron chi connectivity index (χ3n) is 1.50. The Morgan fingerprint density at radius 3 is 3.10 bits per heavy atom. The second-order valence-electron chi connectivity index (χ2n) is 2.33. The van der Waals surface area contributed by atoms with Crippen LogP contribution in [0.5, 0.6) is 0 Å². The molecule has 10 heavy (non-hydrogen) atoms. The topological polar surface area (TPSA) is 0 Å². The molecule has 0 radical (unpaired) electrons. The molecule has 0 saturated heterocycles.